The summed E-state index contributed by atoms with van der Waals surface area (Å²) in [6, 6.07) is 1.06. The summed E-state index contributed by atoms with van der Waals surface area (Å²) >= 11 is 0. The van der Waals surface area contributed by atoms with Gasteiger partial charge in [-0.3, -0.25) is 4.68 Å². The number of hydrogen-bond donors (Lipinski definition) is 1. The summed E-state index contributed by atoms with van der Waals surface area (Å²) in [5, 5.41) is 3.50. The summed E-state index contributed by atoms with van der Waals surface area (Å²) in [6.45, 7) is 2.65. The van der Waals surface area contributed by atoms with Crippen molar-refractivity contribution in [1.29, 1.82) is 0 Å². The number of halogens is 3. The maximum absolute atomic E-state index is 12.3. The fourth-order valence-electron chi connectivity index (χ4n) is 1.28. The van der Waals surface area contributed by atoms with Crippen LogP contribution < -0.4 is 5.73 Å². The lowest BCUT2D eigenvalue weighted by Crippen LogP contribution is -2.09. The highest BCUT2D eigenvalue weighted by atomic mass is 19.4. The van der Waals surface area contributed by atoms with E-state index >= 15 is 0 Å². The third kappa shape index (κ3) is 3.23. The Kier molecular flexibility index (Phi) is 3.73. The lowest BCUT2D eigenvalue weighted by molar-refractivity contribution is -0.141. The Bertz CT molecular complexity index is 317. The van der Waals surface area contributed by atoms with Gasteiger partial charge in [-0.15, -0.1) is 0 Å². The van der Waals surface area contributed by atoms with Crippen molar-refractivity contribution in [3.8, 4) is 0 Å². The molecule has 0 saturated heterocycles. The lowest BCUT2D eigenvalue weighted by Gasteiger charge is -2.03. The predicted octanol–water partition coefficient (Wildman–Crippen LogP) is 1.95. The lowest BCUT2D eigenvalue weighted by atomic mass is 10.3. The van der Waals surface area contributed by atoms with E-state index in [9.17, 15) is 13.2 Å². The van der Waals surface area contributed by atoms with Crippen LogP contribution in [0.15, 0.2) is 6.07 Å². The highest BCUT2D eigenvalue weighted by Gasteiger charge is 2.34. The minimum atomic E-state index is -4.36. The molecular weight excluding hydrogens is 207 g/mol. The third-order valence-electron chi connectivity index (χ3n) is 2.10. The van der Waals surface area contributed by atoms with Crippen LogP contribution >= 0.6 is 0 Å². The van der Waals surface area contributed by atoms with E-state index in [0.717, 1.165) is 18.9 Å². The first kappa shape index (κ1) is 12.0. The zero-order chi connectivity index (χ0) is 11.5. The summed E-state index contributed by atoms with van der Waals surface area (Å²) in [4.78, 5) is 0. The molecule has 0 aromatic carbocycles. The van der Waals surface area contributed by atoms with E-state index < -0.39 is 11.9 Å². The number of aryl methyl sites for hydroxylation is 2. The van der Waals surface area contributed by atoms with E-state index in [-0.39, 0.29) is 0 Å². The van der Waals surface area contributed by atoms with Crippen LogP contribution in [0.4, 0.5) is 13.2 Å². The van der Waals surface area contributed by atoms with Crippen molar-refractivity contribution in [2.45, 2.75) is 32.5 Å². The second kappa shape index (κ2) is 4.65. The van der Waals surface area contributed by atoms with E-state index in [1.165, 1.54) is 4.68 Å². The Morgan fingerprint density at radius 2 is 2.07 bits per heavy atom. The van der Waals surface area contributed by atoms with Crippen LogP contribution in [-0.2, 0) is 12.7 Å². The number of rotatable bonds is 4. The molecule has 2 N–H and O–H groups in total. The van der Waals surface area contributed by atoms with Gasteiger partial charge in [-0.1, -0.05) is 0 Å². The molecule has 1 heterocycles. The summed E-state index contributed by atoms with van der Waals surface area (Å²) in [7, 11) is 0. The molecule has 0 aliphatic rings. The molecule has 0 fully saturated rings. The first-order valence-corrected chi connectivity index (χ1v) is 4.77. The summed E-state index contributed by atoms with van der Waals surface area (Å²) in [6.07, 6.45) is -2.82. The average molecular weight is 221 g/mol. The predicted molar refractivity (Wildman–Crippen MR) is 50.3 cm³/mol. The molecule has 0 aliphatic heterocycles. The molecular formula is C9H14F3N3. The van der Waals surface area contributed by atoms with Gasteiger partial charge in [0.1, 0.15) is 0 Å². The minimum Gasteiger partial charge on any atom is -0.330 e. The van der Waals surface area contributed by atoms with Crippen LogP contribution in [0, 0.1) is 6.92 Å². The summed E-state index contributed by atoms with van der Waals surface area (Å²) in [5.74, 6) is 0. The monoisotopic (exact) mass is 221 g/mol. The normalized spacial score (nSPS) is 12.1. The highest BCUT2D eigenvalue weighted by Crippen LogP contribution is 2.28. The zero-order valence-electron chi connectivity index (χ0n) is 8.51. The molecule has 15 heavy (non-hydrogen) atoms. The number of aromatic nitrogens is 2. The maximum Gasteiger partial charge on any atom is 0.435 e. The van der Waals surface area contributed by atoms with Crippen LogP contribution in [0.3, 0.4) is 0 Å². The van der Waals surface area contributed by atoms with E-state index in [2.05, 4.69) is 5.10 Å². The fourth-order valence-corrected chi connectivity index (χ4v) is 1.28. The third-order valence-corrected chi connectivity index (χ3v) is 2.10. The van der Waals surface area contributed by atoms with E-state index in [1.807, 2.05) is 0 Å². The first-order valence-electron chi connectivity index (χ1n) is 4.77. The Morgan fingerprint density at radius 3 is 2.53 bits per heavy atom. The standard InChI is InChI=1S/C9H14F3N3/c1-7-6-8(9(10,11)12)14-15(7)5-3-2-4-13/h6H,2-5,13H2,1H3. The Labute approximate surface area is 86.1 Å². The number of hydrogen-bond acceptors (Lipinski definition) is 2. The van der Waals surface area contributed by atoms with Gasteiger partial charge in [0.2, 0.25) is 0 Å². The zero-order valence-corrected chi connectivity index (χ0v) is 8.51. The molecule has 0 bridgehead atoms. The van der Waals surface area contributed by atoms with E-state index in [0.29, 0.717) is 18.8 Å². The highest BCUT2D eigenvalue weighted by molar-refractivity contribution is 5.11. The summed E-state index contributed by atoms with van der Waals surface area (Å²) in [5.41, 5.74) is 5.00. The van der Waals surface area contributed by atoms with Crippen molar-refractivity contribution in [3.05, 3.63) is 17.5 Å². The van der Waals surface area contributed by atoms with Crippen molar-refractivity contribution in [3.63, 3.8) is 0 Å². The van der Waals surface area contributed by atoms with Gasteiger partial charge in [0.05, 0.1) is 0 Å². The van der Waals surface area contributed by atoms with Gasteiger partial charge in [0, 0.05) is 12.2 Å². The second-order valence-electron chi connectivity index (χ2n) is 3.39. The van der Waals surface area contributed by atoms with Crippen molar-refractivity contribution < 1.29 is 13.2 Å². The first-order chi connectivity index (χ1) is 6.95. The molecule has 1 aromatic heterocycles. The molecule has 0 saturated carbocycles. The average Bonchev–Trinajstić information content (AvgIpc) is 2.48. The molecule has 0 spiro atoms. The SMILES string of the molecule is Cc1cc(C(F)(F)F)nn1CCCCN. The van der Waals surface area contributed by atoms with Crippen molar-refractivity contribution >= 4 is 0 Å². The van der Waals surface area contributed by atoms with Crippen LogP contribution in [0.25, 0.3) is 0 Å². The van der Waals surface area contributed by atoms with Gasteiger partial charge in [-0.05, 0) is 32.4 Å². The Hall–Kier alpha value is -1.04. The van der Waals surface area contributed by atoms with Crippen LogP contribution in [0.5, 0.6) is 0 Å². The molecule has 0 radical (unpaired) electrons. The van der Waals surface area contributed by atoms with Gasteiger partial charge in [0.15, 0.2) is 5.69 Å². The molecule has 3 nitrogen and oxygen atoms in total. The van der Waals surface area contributed by atoms with Crippen molar-refractivity contribution in [2.24, 2.45) is 5.73 Å². The smallest absolute Gasteiger partial charge is 0.330 e. The molecule has 0 aliphatic carbocycles. The van der Waals surface area contributed by atoms with Crippen molar-refractivity contribution in [1.82, 2.24) is 9.78 Å². The second-order valence-corrected chi connectivity index (χ2v) is 3.39. The summed E-state index contributed by atoms with van der Waals surface area (Å²) < 4.78 is 38.2. The van der Waals surface area contributed by atoms with Gasteiger partial charge in [-0.2, -0.15) is 18.3 Å². The van der Waals surface area contributed by atoms with Crippen LogP contribution in [0.1, 0.15) is 24.2 Å². The van der Waals surface area contributed by atoms with Gasteiger partial charge in [-0.25, -0.2) is 0 Å². The van der Waals surface area contributed by atoms with Gasteiger partial charge >= 0.3 is 6.18 Å². The molecule has 86 valence electrons. The fraction of sp³-hybridized carbons (Fsp3) is 0.667. The molecule has 0 unspecified atom stereocenters. The largest absolute Gasteiger partial charge is 0.435 e. The Morgan fingerprint density at radius 1 is 1.40 bits per heavy atom. The Balaban J connectivity index is 2.69. The number of alkyl halides is 3. The van der Waals surface area contributed by atoms with E-state index in [1.54, 1.807) is 6.92 Å². The maximum atomic E-state index is 12.3. The molecule has 0 amide bonds. The van der Waals surface area contributed by atoms with Crippen LogP contribution in [-0.4, -0.2) is 16.3 Å². The minimum absolute atomic E-state index is 0.485. The molecule has 1 rings (SSSR count). The van der Waals surface area contributed by atoms with E-state index in [4.69, 9.17) is 5.73 Å². The van der Waals surface area contributed by atoms with Gasteiger partial charge in [0.25, 0.3) is 0 Å². The number of nitrogens with two attached hydrogens (primary N) is 1. The number of nitrogens with zero attached hydrogens (tertiary/aromatic N) is 2. The number of unbranched alkanes of at least 4 members (excludes halogenated alkanes) is 1. The van der Waals surface area contributed by atoms with Crippen molar-refractivity contribution in [2.75, 3.05) is 6.54 Å². The topological polar surface area (TPSA) is 43.8 Å². The quantitative estimate of drug-likeness (QED) is 0.790. The van der Waals surface area contributed by atoms with Gasteiger partial charge < -0.3 is 5.73 Å². The van der Waals surface area contributed by atoms with Crippen LogP contribution in [0.2, 0.25) is 0 Å². The molecule has 6 heteroatoms. The molecule has 0 atom stereocenters. The molecule has 1 aromatic rings.